The summed E-state index contributed by atoms with van der Waals surface area (Å²) in [4.78, 5) is 34.9. The Bertz CT molecular complexity index is 1250. The zero-order valence-electron chi connectivity index (χ0n) is 21.3. The number of fused-ring (bicyclic) bond motifs is 1. The van der Waals surface area contributed by atoms with Crippen molar-refractivity contribution in [2.24, 2.45) is 11.7 Å². The van der Waals surface area contributed by atoms with Gasteiger partial charge in [0, 0.05) is 24.4 Å². The maximum Gasteiger partial charge on any atom is 0.255 e. The van der Waals surface area contributed by atoms with Crippen LogP contribution >= 0.6 is 0 Å². The predicted molar refractivity (Wildman–Crippen MR) is 141 cm³/mol. The first kappa shape index (κ1) is 26.3. The van der Waals surface area contributed by atoms with Crippen LogP contribution in [0, 0.1) is 11.7 Å². The molecule has 1 aliphatic heterocycles. The molecule has 1 aromatic heterocycles. The van der Waals surface area contributed by atoms with Crippen LogP contribution in [0.5, 0.6) is 0 Å². The molecule has 4 rings (SSSR count). The molecule has 2 heterocycles. The summed E-state index contributed by atoms with van der Waals surface area (Å²) < 4.78 is 13.3. The average Bonchev–Trinajstić information content (AvgIpc) is 3.27. The summed E-state index contributed by atoms with van der Waals surface area (Å²) in [6.45, 7) is 4.07. The standard InChI is InChI=1S/C28H34FN5O3/c1-28(2,37)26(36)34-15-13-19(14-16-34)17-22(30)21(12-9-18-7-10-20(29)11-8-18)25(35)33-27-31-23-5-3-4-6-24(23)32-27/h3-8,10-11,19,37H,9,12-17,30H2,1-2H3,(H2,31,32,33,35)/b22-21-. The normalized spacial score (nSPS) is 15.5. The van der Waals surface area contributed by atoms with Gasteiger partial charge in [-0.15, -0.1) is 0 Å². The van der Waals surface area contributed by atoms with Crippen molar-refractivity contribution in [2.75, 3.05) is 18.4 Å². The smallest absolute Gasteiger partial charge is 0.255 e. The SMILES string of the molecule is CC(C)(O)C(=O)N1CCC(C/C(N)=C(\CCc2ccc(F)cc2)C(=O)Nc2nc3ccccc3[nH]2)CC1. The number of H-pyrrole nitrogens is 1. The second kappa shape index (κ2) is 11.1. The van der Waals surface area contributed by atoms with Crippen LogP contribution in [0.25, 0.3) is 11.0 Å². The highest BCUT2D eigenvalue weighted by Crippen LogP contribution is 2.27. The molecular weight excluding hydrogens is 473 g/mol. The minimum atomic E-state index is -1.39. The van der Waals surface area contributed by atoms with E-state index in [1.165, 1.54) is 26.0 Å². The largest absolute Gasteiger partial charge is 0.402 e. The highest BCUT2D eigenvalue weighted by atomic mass is 19.1. The number of para-hydroxylation sites is 2. The lowest BCUT2D eigenvalue weighted by Crippen LogP contribution is -2.48. The third-order valence-corrected chi connectivity index (χ3v) is 6.79. The van der Waals surface area contributed by atoms with Gasteiger partial charge in [0.2, 0.25) is 5.95 Å². The number of aryl methyl sites for hydroxylation is 1. The van der Waals surface area contributed by atoms with Crippen molar-refractivity contribution >= 4 is 28.8 Å². The maximum atomic E-state index is 13.4. The van der Waals surface area contributed by atoms with Gasteiger partial charge in [-0.1, -0.05) is 24.3 Å². The quantitative estimate of drug-likeness (QED) is 0.345. The lowest BCUT2D eigenvalue weighted by Gasteiger charge is -2.35. The lowest BCUT2D eigenvalue weighted by atomic mass is 9.89. The highest BCUT2D eigenvalue weighted by Gasteiger charge is 2.32. The van der Waals surface area contributed by atoms with Crippen LogP contribution in [-0.4, -0.2) is 50.5 Å². The molecule has 0 spiro atoms. The molecule has 37 heavy (non-hydrogen) atoms. The van der Waals surface area contributed by atoms with Crippen molar-refractivity contribution in [1.29, 1.82) is 0 Å². The topological polar surface area (TPSA) is 124 Å². The zero-order valence-corrected chi connectivity index (χ0v) is 21.3. The fourth-order valence-electron chi connectivity index (χ4n) is 4.70. The number of benzene rings is 2. The van der Waals surface area contributed by atoms with E-state index in [9.17, 15) is 19.1 Å². The molecule has 0 saturated carbocycles. The molecule has 196 valence electrons. The van der Waals surface area contributed by atoms with Crippen molar-refractivity contribution in [3.05, 3.63) is 71.2 Å². The summed E-state index contributed by atoms with van der Waals surface area (Å²) in [5.41, 5.74) is 8.58. The number of rotatable bonds is 8. The number of halogens is 1. The highest BCUT2D eigenvalue weighted by molar-refractivity contribution is 6.03. The Morgan fingerprint density at radius 3 is 2.49 bits per heavy atom. The van der Waals surface area contributed by atoms with Crippen LogP contribution in [0.15, 0.2) is 59.8 Å². The molecule has 1 aliphatic rings. The van der Waals surface area contributed by atoms with Gasteiger partial charge in [0.1, 0.15) is 11.4 Å². The van der Waals surface area contributed by atoms with Gasteiger partial charge >= 0.3 is 0 Å². The number of aromatic amines is 1. The minimum absolute atomic E-state index is 0.214. The number of amides is 2. The van der Waals surface area contributed by atoms with E-state index in [-0.39, 0.29) is 23.5 Å². The number of allylic oxidation sites excluding steroid dienone is 1. The van der Waals surface area contributed by atoms with Gasteiger partial charge in [0.15, 0.2) is 0 Å². The molecule has 0 unspecified atom stereocenters. The molecule has 0 bridgehead atoms. The van der Waals surface area contributed by atoms with E-state index < -0.39 is 5.60 Å². The summed E-state index contributed by atoms with van der Waals surface area (Å²) >= 11 is 0. The van der Waals surface area contributed by atoms with E-state index >= 15 is 0 Å². The van der Waals surface area contributed by atoms with Crippen molar-refractivity contribution in [1.82, 2.24) is 14.9 Å². The van der Waals surface area contributed by atoms with Crippen LogP contribution < -0.4 is 11.1 Å². The fraction of sp³-hybridized carbons (Fsp3) is 0.393. The Morgan fingerprint density at radius 2 is 1.84 bits per heavy atom. The molecule has 5 N–H and O–H groups in total. The Kier molecular flexibility index (Phi) is 7.92. The number of piperidine rings is 1. The molecular formula is C28H34FN5O3. The number of carbonyl (C=O) groups excluding carboxylic acids is 2. The first-order valence-electron chi connectivity index (χ1n) is 12.6. The van der Waals surface area contributed by atoms with Crippen LogP contribution in [0.2, 0.25) is 0 Å². The van der Waals surface area contributed by atoms with E-state index in [2.05, 4.69) is 15.3 Å². The first-order chi connectivity index (χ1) is 17.6. The average molecular weight is 508 g/mol. The van der Waals surface area contributed by atoms with E-state index in [1.54, 1.807) is 17.0 Å². The Hall–Kier alpha value is -3.72. The van der Waals surface area contributed by atoms with Gasteiger partial charge < -0.3 is 20.7 Å². The number of nitrogens with zero attached hydrogens (tertiary/aromatic N) is 2. The molecule has 0 atom stereocenters. The van der Waals surface area contributed by atoms with Gasteiger partial charge in [-0.05, 0) is 81.7 Å². The molecule has 0 radical (unpaired) electrons. The Morgan fingerprint density at radius 1 is 1.16 bits per heavy atom. The fourth-order valence-corrected chi connectivity index (χ4v) is 4.70. The number of hydrogen-bond donors (Lipinski definition) is 4. The van der Waals surface area contributed by atoms with E-state index in [4.69, 9.17) is 5.73 Å². The number of anilines is 1. The Labute approximate surface area is 215 Å². The zero-order chi connectivity index (χ0) is 26.6. The van der Waals surface area contributed by atoms with E-state index in [0.717, 1.165) is 29.4 Å². The molecule has 2 amide bonds. The third kappa shape index (κ3) is 6.74. The number of aliphatic hydroxyl groups is 1. The van der Waals surface area contributed by atoms with Gasteiger partial charge in [-0.2, -0.15) is 0 Å². The molecule has 9 heteroatoms. The molecule has 1 fully saturated rings. The molecule has 8 nitrogen and oxygen atoms in total. The van der Waals surface area contributed by atoms with Crippen molar-refractivity contribution in [3.63, 3.8) is 0 Å². The van der Waals surface area contributed by atoms with Gasteiger partial charge in [0.05, 0.1) is 11.0 Å². The van der Waals surface area contributed by atoms with Crippen LogP contribution in [0.3, 0.4) is 0 Å². The number of nitrogens with one attached hydrogen (secondary N) is 2. The number of carbonyl (C=O) groups is 2. The number of nitrogens with two attached hydrogens (primary N) is 1. The third-order valence-electron chi connectivity index (χ3n) is 6.79. The van der Waals surface area contributed by atoms with E-state index in [0.29, 0.717) is 49.6 Å². The second-order valence-corrected chi connectivity index (χ2v) is 10.2. The number of likely N-dealkylation sites (tertiary alicyclic amines) is 1. The molecule has 1 saturated heterocycles. The first-order valence-corrected chi connectivity index (χ1v) is 12.6. The summed E-state index contributed by atoms with van der Waals surface area (Å²) in [7, 11) is 0. The van der Waals surface area contributed by atoms with Crippen LogP contribution in [0.4, 0.5) is 10.3 Å². The van der Waals surface area contributed by atoms with Gasteiger partial charge in [-0.25, -0.2) is 9.37 Å². The lowest BCUT2D eigenvalue weighted by molar-refractivity contribution is -0.149. The van der Waals surface area contributed by atoms with Crippen molar-refractivity contribution < 1.29 is 19.1 Å². The van der Waals surface area contributed by atoms with Crippen LogP contribution in [0.1, 0.15) is 45.1 Å². The molecule has 0 aliphatic carbocycles. The van der Waals surface area contributed by atoms with Crippen LogP contribution in [-0.2, 0) is 16.0 Å². The van der Waals surface area contributed by atoms with Crippen molar-refractivity contribution in [3.8, 4) is 0 Å². The number of aromatic nitrogens is 2. The Balaban J connectivity index is 1.48. The monoisotopic (exact) mass is 507 g/mol. The van der Waals surface area contributed by atoms with Crippen molar-refractivity contribution in [2.45, 2.75) is 51.6 Å². The molecule has 3 aromatic rings. The maximum absolute atomic E-state index is 13.4. The summed E-state index contributed by atoms with van der Waals surface area (Å²) in [5.74, 6) is -0.355. The van der Waals surface area contributed by atoms with Gasteiger partial charge in [-0.3, -0.25) is 14.9 Å². The summed E-state index contributed by atoms with van der Waals surface area (Å²) in [5, 5.41) is 12.9. The molecule has 2 aromatic carbocycles. The number of imidazole rings is 1. The predicted octanol–water partition coefficient (Wildman–Crippen LogP) is 3.89. The van der Waals surface area contributed by atoms with E-state index in [1.807, 2.05) is 24.3 Å². The number of hydrogen-bond acceptors (Lipinski definition) is 5. The summed E-state index contributed by atoms with van der Waals surface area (Å²) in [6.07, 6.45) is 2.91. The van der Waals surface area contributed by atoms with Gasteiger partial charge in [0.25, 0.3) is 11.8 Å². The summed E-state index contributed by atoms with van der Waals surface area (Å²) in [6, 6.07) is 13.7. The minimum Gasteiger partial charge on any atom is -0.402 e. The second-order valence-electron chi connectivity index (χ2n) is 10.2.